The van der Waals surface area contributed by atoms with Crippen molar-refractivity contribution in [2.24, 2.45) is 0 Å². The zero-order chi connectivity index (χ0) is 30.5. The molecule has 226 valence electrons. The third kappa shape index (κ3) is 13.5. The van der Waals surface area contributed by atoms with Crippen LogP contribution in [-0.2, 0) is 37.0 Å². The van der Waals surface area contributed by atoms with E-state index in [4.69, 9.17) is 10.2 Å². The first kappa shape index (κ1) is 37.9. The fourth-order valence-electron chi connectivity index (χ4n) is 4.76. The molecular weight excluding hydrogens is 592 g/mol. The molecule has 2 N–H and O–H groups in total. The van der Waals surface area contributed by atoms with Crippen LogP contribution in [0.15, 0.2) is 83.0 Å². The number of phenols is 2. The number of phenolic OH excluding ortho intramolecular Hbond substituents is 2. The summed E-state index contributed by atoms with van der Waals surface area (Å²) in [5, 5.41) is 18.0. The zero-order valence-corrected chi connectivity index (χ0v) is 30.0. The second-order valence-corrected chi connectivity index (χ2v) is 13.2. The molecule has 2 aromatic carbocycles. The minimum absolute atomic E-state index is 0. The molecule has 0 unspecified atom stereocenters. The van der Waals surface area contributed by atoms with Crippen LogP contribution in [0.5, 0.6) is 11.5 Å². The molecule has 0 radical (unpaired) electrons. The van der Waals surface area contributed by atoms with Gasteiger partial charge in [-0.3, -0.25) is 12.2 Å². The summed E-state index contributed by atoms with van der Waals surface area (Å²) in [6, 6.07) is 14.7. The van der Waals surface area contributed by atoms with E-state index in [0.717, 1.165) is 19.3 Å². The van der Waals surface area contributed by atoms with E-state index in [2.05, 4.69) is 79.7 Å². The third-order valence-corrected chi connectivity index (χ3v) is 7.51. The van der Waals surface area contributed by atoms with Crippen LogP contribution in [0.25, 0.3) is 0 Å². The molecular formula is C39H54O2Zr. The molecule has 2 aliphatic carbocycles. The van der Waals surface area contributed by atoms with Gasteiger partial charge in [0.15, 0.2) is 0 Å². The van der Waals surface area contributed by atoms with E-state index in [0.29, 0.717) is 11.5 Å². The molecule has 0 saturated carbocycles. The number of allylic oxidation sites excluding steroid dienone is 8. The van der Waals surface area contributed by atoms with Gasteiger partial charge in [0.25, 0.3) is 0 Å². The molecule has 0 aliphatic heterocycles. The van der Waals surface area contributed by atoms with Gasteiger partial charge in [0.2, 0.25) is 0 Å². The Morgan fingerprint density at radius 1 is 0.595 bits per heavy atom. The van der Waals surface area contributed by atoms with Crippen molar-refractivity contribution < 1.29 is 36.4 Å². The predicted molar refractivity (Wildman–Crippen MR) is 176 cm³/mol. The van der Waals surface area contributed by atoms with Gasteiger partial charge in [-0.05, 0) is 46.2 Å². The van der Waals surface area contributed by atoms with Crippen LogP contribution in [-0.4, -0.2) is 10.2 Å². The molecule has 0 aromatic heterocycles. The van der Waals surface area contributed by atoms with E-state index in [-0.39, 0.29) is 37.0 Å². The van der Waals surface area contributed by atoms with E-state index >= 15 is 0 Å². The molecule has 0 spiro atoms. The molecule has 0 amide bonds. The van der Waals surface area contributed by atoms with Gasteiger partial charge in [-0.15, -0.1) is 19.3 Å². The van der Waals surface area contributed by atoms with E-state index in [1.165, 1.54) is 71.9 Å². The van der Waals surface area contributed by atoms with E-state index in [9.17, 15) is 0 Å². The second kappa shape index (κ2) is 18.5. The van der Waals surface area contributed by atoms with Crippen LogP contribution in [0.3, 0.4) is 0 Å². The van der Waals surface area contributed by atoms with Crippen molar-refractivity contribution in [3.05, 3.63) is 106 Å². The Labute approximate surface area is 276 Å². The van der Waals surface area contributed by atoms with E-state index in [1.807, 2.05) is 24.3 Å². The third-order valence-electron chi connectivity index (χ3n) is 7.51. The van der Waals surface area contributed by atoms with Crippen molar-refractivity contribution in [1.82, 2.24) is 0 Å². The van der Waals surface area contributed by atoms with E-state index in [1.54, 1.807) is 24.3 Å². The van der Waals surface area contributed by atoms with Crippen molar-refractivity contribution in [2.45, 2.75) is 124 Å². The predicted octanol–water partition coefficient (Wildman–Crippen LogP) is 11.3. The average molecular weight is 646 g/mol. The van der Waals surface area contributed by atoms with Crippen molar-refractivity contribution in [3.8, 4) is 11.5 Å². The van der Waals surface area contributed by atoms with Gasteiger partial charge >= 0.3 is 26.2 Å². The summed E-state index contributed by atoms with van der Waals surface area (Å²) in [4.78, 5) is 0. The Hall–Kier alpha value is -2.12. The minimum atomic E-state index is 0. The van der Waals surface area contributed by atoms with Crippen molar-refractivity contribution >= 4 is 0 Å². The number of benzene rings is 2. The van der Waals surface area contributed by atoms with Crippen molar-refractivity contribution in [2.75, 3.05) is 0 Å². The molecule has 4 rings (SSSR count). The normalized spacial score (nSPS) is 14.3. The SMILES string of the molecule is CC(C)(C)c1ccc(O)cc1.CC(C)(C)c1ccc(O)cc1.CCCCC1=[C-]CC=C1CC1=CC[C-]=C1CCCC.[Zr+2]. The molecule has 2 aromatic rings. The molecule has 0 heterocycles. The summed E-state index contributed by atoms with van der Waals surface area (Å²) in [6.45, 7) is 17.4. The Balaban J connectivity index is 0.000000332. The second-order valence-electron chi connectivity index (χ2n) is 13.2. The summed E-state index contributed by atoms with van der Waals surface area (Å²) in [7, 11) is 0. The maximum absolute atomic E-state index is 9.02. The van der Waals surface area contributed by atoms with Gasteiger partial charge in [0.05, 0.1) is 0 Å². The standard InChI is InChI=1S/C19H26.2C10H14O.Zr/c1-3-5-9-16-11-7-13-18(16)15-19-14-8-12-17(19)10-6-4-2;2*1-10(2,3)8-4-6-9(11)7-5-8;/h13-14H,3-10,15H2,1-2H3;2*4-7,11H,1-3H3;/q-2;;;+2. The first-order chi connectivity index (χ1) is 19.3. The summed E-state index contributed by atoms with van der Waals surface area (Å²) >= 11 is 0. The van der Waals surface area contributed by atoms with Gasteiger partial charge in [-0.1, -0.05) is 118 Å². The van der Waals surface area contributed by atoms with E-state index < -0.39 is 0 Å². The van der Waals surface area contributed by atoms with Crippen LogP contribution in [0.2, 0.25) is 0 Å². The largest absolute Gasteiger partial charge is 2.00 e. The molecule has 2 aliphatic rings. The number of aromatic hydroxyl groups is 2. The molecule has 0 fully saturated rings. The number of rotatable bonds is 8. The average Bonchev–Trinajstić information content (AvgIpc) is 3.55. The van der Waals surface area contributed by atoms with Crippen LogP contribution in [0, 0.1) is 12.2 Å². The Bertz CT molecular complexity index is 1090. The smallest absolute Gasteiger partial charge is 0.508 e. The Kier molecular flexibility index (Phi) is 16.7. The number of hydrogen-bond acceptors (Lipinski definition) is 2. The molecule has 3 heteroatoms. The fourth-order valence-corrected chi connectivity index (χ4v) is 4.76. The van der Waals surface area contributed by atoms with Crippen molar-refractivity contribution in [1.29, 1.82) is 0 Å². The van der Waals surface area contributed by atoms with Gasteiger partial charge in [0.1, 0.15) is 11.5 Å². The minimum Gasteiger partial charge on any atom is -0.508 e. The van der Waals surface area contributed by atoms with Gasteiger partial charge < -0.3 is 10.2 Å². The summed E-state index contributed by atoms with van der Waals surface area (Å²) < 4.78 is 0. The summed E-state index contributed by atoms with van der Waals surface area (Å²) in [5.41, 5.74) is 8.90. The zero-order valence-electron chi connectivity index (χ0n) is 27.5. The molecule has 0 bridgehead atoms. The summed E-state index contributed by atoms with van der Waals surface area (Å²) in [5.74, 6) is 0.663. The maximum Gasteiger partial charge on any atom is 2.00 e. The van der Waals surface area contributed by atoms with Gasteiger partial charge in [0, 0.05) is 0 Å². The number of unbranched alkanes of at least 4 members (excludes halogenated alkanes) is 2. The number of hydrogen-bond donors (Lipinski definition) is 2. The topological polar surface area (TPSA) is 40.5 Å². The monoisotopic (exact) mass is 644 g/mol. The fraction of sp³-hybridized carbons (Fsp3) is 0.487. The Morgan fingerprint density at radius 2 is 0.929 bits per heavy atom. The van der Waals surface area contributed by atoms with Crippen LogP contribution >= 0.6 is 0 Å². The van der Waals surface area contributed by atoms with Crippen LogP contribution in [0.1, 0.15) is 124 Å². The molecule has 2 nitrogen and oxygen atoms in total. The first-order valence-corrected chi connectivity index (χ1v) is 15.5. The molecule has 0 saturated heterocycles. The van der Waals surface area contributed by atoms with Crippen LogP contribution in [0.4, 0.5) is 0 Å². The van der Waals surface area contributed by atoms with Gasteiger partial charge in [-0.2, -0.15) is 12.2 Å². The van der Waals surface area contributed by atoms with Crippen LogP contribution < -0.4 is 0 Å². The maximum atomic E-state index is 9.02. The first-order valence-electron chi connectivity index (χ1n) is 15.5. The molecule has 42 heavy (non-hydrogen) atoms. The van der Waals surface area contributed by atoms with Crippen molar-refractivity contribution in [3.63, 3.8) is 0 Å². The molecule has 0 atom stereocenters. The quantitative estimate of drug-likeness (QED) is 0.280. The summed E-state index contributed by atoms with van der Waals surface area (Å²) in [6.07, 6.45) is 22.6. The Morgan fingerprint density at radius 3 is 1.21 bits per heavy atom. The van der Waals surface area contributed by atoms with Gasteiger partial charge in [-0.25, -0.2) is 22.3 Å².